The number of nitrogens with one attached hydrogen (secondary N) is 2. The molecule has 8 heteroatoms. The van der Waals surface area contributed by atoms with Gasteiger partial charge in [0.2, 0.25) is 0 Å². The fourth-order valence-electron chi connectivity index (χ4n) is 1.88. The second kappa shape index (κ2) is 4.13. The van der Waals surface area contributed by atoms with Gasteiger partial charge in [0.05, 0.1) is 0 Å². The van der Waals surface area contributed by atoms with Crippen LogP contribution in [0.15, 0.2) is 40.7 Å². The van der Waals surface area contributed by atoms with E-state index in [1.54, 1.807) is 0 Å². The first-order chi connectivity index (χ1) is 8.56. The highest BCUT2D eigenvalue weighted by atomic mass is 79.9. The van der Waals surface area contributed by atoms with E-state index in [0.29, 0.717) is 0 Å². The second-order valence-electron chi connectivity index (χ2n) is 3.86. The lowest BCUT2D eigenvalue weighted by molar-refractivity contribution is 0.616. The summed E-state index contributed by atoms with van der Waals surface area (Å²) in [6, 6.07) is -0.529. The molecule has 0 bridgehead atoms. The average molecular weight is 374 g/mol. The number of halogens is 2. The summed E-state index contributed by atoms with van der Waals surface area (Å²) in [5.41, 5.74) is -0.888. The summed E-state index contributed by atoms with van der Waals surface area (Å²) in [4.78, 5) is 36.2. The zero-order chi connectivity index (χ0) is 12.9. The van der Waals surface area contributed by atoms with Crippen molar-refractivity contribution in [2.24, 2.45) is 9.98 Å². The van der Waals surface area contributed by atoms with E-state index in [1.165, 1.54) is 0 Å². The van der Waals surface area contributed by atoms with Gasteiger partial charge in [0.15, 0.2) is 10.8 Å². The van der Waals surface area contributed by atoms with E-state index >= 15 is 0 Å². The van der Waals surface area contributed by atoms with Gasteiger partial charge < -0.3 is 0 Å². The van der Waals surface area contributed by atoms with Crippen LogP contribution >= 0.6 is 31.9 Å². The first-order valence-corrected chi connectivity index (χ1v) is 6.66. The fourth-order valence-corrected chi connectivity index (χ4v) is 2.85. The van der Waals surface area contributed by atoms with Crippen molar-refractivity contribution in [1.29, 1.82) is 0 Å². The molecule has 0 spiro atoms. The van der Waals surface area contributed by atoms with Gasteiger partial charge in [-0.3, -0.25) is 24.7 Å². The molecule has 6 nitrogen and oxygen atoms in total. The van der Waals surface area contributed by atoms with E-state index in [4.69, 9.17) is 0 Å². The summed E-state index contributed by atoms with van der Waals surface area (Å²) < 4.78 is 1.70. The van der Waals surface area contributed by atoms with Crippen LogP contribution in [0.2, 0.25) is 0 Å². The van der Waals surface area contributed by atoms with Crippen LogP contribution in [0.4, 0.5) is 0 Å². The maximum absolute atomic E-state index is 11.7. The Morgan fingerprint density at radius 2 is 1.61 bits per heavy atom. The molecule has 92 valence electrons. The van der Waals surface area contributed by atoms with Crippen LogP contribution in [0.3, 0.4) is 0 Å². The Hall–Kier alpha value is -1.28. The lowest BCUT2D eigenvalue weighted by Gasteiger charge is -2.25. The SMILES string of the molecule is O=c1[nH]c(=O)c2c([nH]1)=NC1C(Br)=CC=C(Br)C1N=2. The average Bonchev–Trinajstić information content (AvgIpc) is 2.32. The van der Waals surface area contributed by atoms with Crippen LogP contribution in [-0.2, 0) is 0 Å². The highest BCUT2D eigenvalue weighted by Crippen LogP contribution is 2.31. The molecule has 1 aliphatic heterocycles. The number of hydrogen-bond acceptors (Lipinski definition) is 4. The number of hydrogen-bond donors (Lipinski definition) is 2. The van der Waals surface area contributed by atoms with Gasteiger partial charge in [0, 0.05) is 8.96 Å². The van der Waals surface area contributed by atoms with Crippen molar-refractivity contribution in [1.82, 2.24) is 9.97 Å². The molecule has 2 aliphatic rings. The van der Waals surface area contributed by atoms with Crippen LogP contribution in [0.25, 0.3) is 0 Å². The van der Waals surface area contributed by atoms with Crippen LogP contribution in [0.5, 0.6) is 0 Å². The topological polar surface area (TPSA) is 90.4 Å². The molecule has 0 aromatic carbocycles. The van der Waals surface area contributed by atoms with Crippen molar-refractivity contribution in [2.45, 2.75) is 12.1 Å². The third kappa shape index (κ3) is 1.76. The zero-order valence-corrected chi connectivity index (χ0v) is 11.9. The highest BCUT2D eigenvalue weighted by Gasteiger charge is 2.30. The molecule has 2 N–H and O–H groups in total. The second-order valence-corrected chi connectivity index (χ2v) is 5.69. The minimum Gasteiger partial charge on any atom is -0.290 e. The molecule has 0 radical (unpaired) electrons. The van der Waals surface area contributed by atoms with Gasteiger partial charge >= 0.3 is 5.69 Å². The Bertz CT molecular complexity index is 818. The smallest absolute Gasteiger partial charge is 0.290 e. The molecular weight excluding hydrogens is 368 g/mol. The normalized spacial score (nSPS) is 25.0. The molecule has 1 aliphatic carbocycles. The molecule has 0 saturated carbocycles. The van der Waals surface area contributed by atoms with Gasteiger partial charge in [0.25, 0.3) is 5.56 Å². The predicted molar refractivity (Wildman–Crippen MR) is 71.6 cm³/mol. The number of allylic oxidation sites excluding steroid dienone is 2. The van der Waals surface area contributed by atoms with Crippen molar-refractivity contribution in [2.75, 3.05) is 0 Å². The molecule has 18 heavy (non-hydrogen) atoms. The first kappa shape index (κ1) is 11.8. The maximum Gasteiger partial charge on any atom is 0.327 e. The minimum absolute atomic E-state index is 0.156. The molecule has 2 heterocycles. The van der Waals surface area contributed by atoms with Gasteiger partial charge in [-0.1, -0.05) is 31.9 Å². The summed E-state index contributed by atoms with van der Waals surface area (Å²) in [6.45, 7) is 0. The Morgan fingerprint density at radius 3 is 2.28 bits per heavy atom. The summed E-state index contributed by atoms with van der Waals surface area (Å²) in [5.74, 6) is 0. The van der Waals surface area contributed by atoms with E-state index in [2.05, 4.69) is 51.8 Å². The number of fused-ring (bicyclic) bond motifs is 2. The standard InChI is InChI=1S/C10H6Br2N4O2/c11-3-1-2-4(12)6-5(3)13-7-8(14-6)15-10(18)16-9(7)17/h1-2,5-6H,(H2,14,15,16,17,18). The predicted octanol–water partition coefficient (Wildman–Crippen LogP) is -0.376. The van der Waals surface area contributed by atoms with Gasteiger partial charge in [0.1, 0.15) is 12.1 Å². The summed E-state index contributed by atoms with van der Waals surface area (Å²) >= 11 is 6.82. The molecule has 0 amide bonds. The van der Waals surface area contributed by atoms with Crippen LogP contribution in [0.1, 0.15) is 0 Å². The number of rotatable bonds is 0. The third-order valence-electron chi connectivity index (χ3n) is 2.70. The highest BCUT2D eigenvalue weighted by molar-refractivity contribution is 9.12. The largest absolute Gasteiger partial charge is 0.327 e. The zero-order valence-electron chi connectivity index (χ0n) is 8.78. The molecule has 1 aromatic heterocycles. The quantitative estimate of drug-likeness (QED) is 0.649. The fraction of sp³-hybridized carbons (Fsp3) is 0.200. The Labute approximate surface area is 117 Å². The molecule has 0 saturated heterocycles. The van der Waals surface area contributed by atoms with Crippen molar-refractivity contribution in [3.05, 3.63) is 52.8 Å². The van der Waals surface area contributed by atoms with Crippen molar-refractivity contribution < 1.29 is 0 Å². The summed E-state index contributed by atoms with van der Waals surface area (Å²) in [7, 11) is 0. The van der Waals surface area contributed by atoms with Gasteiger partial charge in [-0.25, -0.2) is 4.79 Å². The van der Waals surface area contributed by atoms with Crippen LogP contribution in [0, 0.1) is 0 Å². The van der Waals surface area contributed by atoms with E-state index in [-0.39, 0.29) is 22.9 Å². The maximum atomic E-state index is 11.7. The molecule has 0 fully saturated rings. The van der Waals surface area contributed by atoms with E-state index < -0.39 is 11.2 Å². The molecule has 1 aromatic rings. The monoisotopic (exact) mass is 372 g/mol. The lowest BCUT2D eigenvalue weighted by Crippen LogP contribution is -2.53. The van der Waals surface area contributed by atoms with Gasteiger partial charge in [-0.2, -0.15) is 0 Å². The number of aromatic amines is 2. The van der Waals surface area contributed by atoms with Crippen LogP contribution < -0.4 is 22.1 Å². The Kier molecular flexibility index (Phi) is 2.70. The number of H-pyrrole nitrogens is 2. The number of aromatic nitrogens is 2. The lowest BCUT2D eigenvalue weighted by atomic mass is 10.0. The van der Waals surface area contributed by atoms with Gasteiger partial charge in [-0.15, -0.1) is 0 Å². The summed E-state index contributed by atoms with van der Waals surface area (Å²) in [5, 5.41) is 0.156. The van der Waals surface area contributed by atoms with Gasteiger partial charge in [-0.05, 0) is 12.2 Å². The van der Waals surface area contributed by atoms with E-state index in [9.17, 15) is 9.59 Å². The van der Waals surface area contributed by atoms with Crippen molar-refractivity contribution in [3.63, 3.8) is 0 Å². The van der Waals surface area contributed by atoms with Crippen molar-refractivity contribution >= 4 is 31.9 Å². The van der Waals surface area contributed by atoms with Crippen molar-refractivity contribution in [3.8, 4) is 0 Å². The Morgan fingerprint density at radius 1 is 1.00 bits per heavy atom. The summed E-state index contributed by atoms with van der Waals surface area (Å²) in [6.07, 6.45) is 3.72. The molecular formula is C10H6Br2N4O2. The first-order valence-electron chi connectivity index (χ1n) is 5.07. The van der Waals surface area contributed by atoms with E-state index in [0.717, 1.165) is 8.96 Å². The molecule has 2 unspecified atom stereocenters. The number of nitrogens with zero attached hydrogens (tertiary/aromatic N) is 2. The minimum atomic E-state index is -0.582. The molecule has 2 atom stereocenters. The third-order valence-corrected chi connectivity index (χ3v) is 4.17. The Balaban J connectivity index is 2.37. The van der Waals surface area contributed by atoms with E-state index in [1.807, 2.05) is 12.2 Å². The van der Waals surface area contributed by atoms with Crippen LogP contribution in [-0.4, -0.2) is 22.1 Å². The molecule has 3 rings (SSSR count).